The van der Waals surface area contributed by atoms with Crippen molar-refractivity contribution in [2.45, 2.75) is 6.42 Å². The van der Waals surface area contributed by atoms with Crippen molar-refractivity contribution in [3.63, 3.8) is 0 Å². The monoisotopic (exact) mass is 283 g/mol. The van der Waals surface area contributed by atoms with Crippen LogP contribution in [0.5, 0.6) is 0 Å². The lowest BCUT2D eigenvalue weighted by molar-refractivity contribution is 0.460. The van der Waals surface area contributed by atoms with Crippen LogP contribution >= 0.6 is 0 Å². The van der Waals surface area contributed by atoms with Gasteiger partial charge < -0.3 is 10.2 Å². The molecule has 0 radical (unpaired) electrons. The van der Waals surface area contributed by atoms with E-state index in [-0.39, 0.29) is 5.82 Å². The Labute approximate surface area is 124 Å². The zero-order valence-electron chi connectivity index (χ0n) is 11.8. The van der Waals surface area contributed by atoms with Gasteiger partial charge in [-0.15, -0.1) is 0 Å². The summed E-state index contributed by atoms with van der Waals surface area (Å²) < 4.78 is 13.2. The molecule has 1 heterocycles. The van der Waals surface area contributed by atoms with Gasteiger partial charge in [-0.3, -0.25) is 4.99 Å². The highest BCUT2D eigenvalue weighted by Gasteiger charge is 2.16. The third-order valence-electron chi connectivity index (χ3n) is 3.52. The van der Waals surface area contributed by atoms with E-state index in [0.717, 1.165) is 43.3 Å². The number of guanidine groups is 1. The van der Waals surface area contributed by atoms with Gasteiger partial charge in [-0.05, 0) is 36.2 Å². The van der Waals surface area contributed by atoms with E-state index in [0.29, 0.717) is 0 Å². The molecule has 0 saturated carbocycles. The number of nitrogens with one attached hydrogen (secondary N) is 1. The van der Waals surface area contributed by atoms with Crippen LogP contribution in [0.2, 0.25) is 0 Å². The quantitative estimate of drug-likeness (QED) is 0.933. The fourth-order valence-electron chi connectivity index (χ4n) is 2.43. The van der Waals surface area contributed by atoms with Crippen LogP contribution in [0.1, 0.15) is 5.56 Å². The highest BCUT2D eigenvalue weighted by atomic mass is 19.1. The molecule has 4 heteroatoms. The smallest absolute Gasteiger partial charge is 0.198 e. The van der Waals surface area contributed by atoms with Gasteiger partial charge in [0.05, 0.1) is 6.54 Å². The van der Waals surface area contributed by atoms with E-state index in [1.165, 1.54) is 6.07 Å². The molecule has 0 spiro atoms. The van der Waals surface area contributed by atoms with Crippen LogP contribution in [-0.4, -0.2) is 30.5 Å². The molecule has 2 aromatic rings. The second-order valence-electron chi connectivity index (χ2n) is 5.06. The number of hydrogen-bond donors (Lipinski definition) is 1. The summed E-state index contributed by atoms with van der Waals surface area (Å²) >= 11 is 0. The summed E-state index contributed by atoms with van der Waals surface area (Å²) in [6.45, 7) is 2.55. The predicted molar refractivity (Wildman–Crippen MR) is 84.0 cm³/mol. The van der Waals surface area contributed by atoms with E-state index < -0.39 is 0 Å². The Kier molecular flexibility index (Phi) is 4.15. The SMILES string of the molecule is Fc1cccc(CCN2CCN=C2Nc2ccccc2)c1. The lowest BCUT2D eigenvalue weighted by Gasteiger charge is -2.21. The van der Waals surface area contributed by atoms with Gasteiger partial charge in [0.1, 0.15) is 5.82 Å². The number of nitrogens with zero attached hydrogens (tertiary/aromatic N) is 2. The molecule has 1 aliphatic rings. The Morgan fingerprint density at radius 3 is 2.76 bits per heavy atom. The third-order valence-corrected chi connectivity index (χ3v) is 3.52. The number of para-hydroxylation sites is 1. The minimum atomic E-state index is -0.176. The number of halogens is 1. The molecule has 2 aromatic carbocycles. The van der Waals surface area contributed by atoms with Crippen LogP contribution in [0.3, 0.4) is 0 Å². The van der Waals surface area contributed by atoms with E-state index in [2.05, 4.69) is 15.2 Å². The Morgan fingerprint density at radius 2 is 1.95 bits per heavy atom. The highest BCUT2D eigenvalue weighted by Crippen LogP contribution is 2.11. The lowest BCUT2D eigenvalue weighted by atomic mass is 10.1. The van der Waals surface area contributed by atoms with Crippen molar-refractivity contribution in [3.05, 3.63) is 66.0 Å². The molecule has 0 aromatic heterocycles. The van der Waals surface area contributed by atoms with Gasteiger partial charge in [0, 0.05) is 18.8 Å². The van der Waals surface area contributed by atoms with Crippen LogP contribution in [0.4, 0.5) is 10.1 Å². The van der Waals surface area contributed by atoms with Crippen molar-refractivity contribution >= 4 is 11.6 Å². The number of aliphatic imine (C=N–C) groups is 1. The predicted octanol–water partition coefficient (Wildman–Crippen LogP) is 3.15. The summed E-state index contributed by atoms with van der Waals surface area (Å²) in [5, 5.41) is 3.34. The number of anilines is 1. The molecular weight excluding hydrogens is 265 g/mol. The topological polar surface area (TPSA) is 27.6 Å². The van der Waals surface area contributed by atoms with Gasteiger partial charge in [-0.25, -0.2) is 4.39 Å². The van der Waals surface area contributed by atoms with Crippen LogP contribution < -0.4 is 5.32 Å². The summed E-state index contributed by atoms with van der Waals surface area (Å²) in [5.74, 6) is 0.725. The average Bonchev–Trinajstić information content (AvgIpc) is 2.93. The molecule has 3 rings (SSSR count). The van der Waals surface area contributed by atoms with Crippen LogP contribution in [0, 0.1) is 5.82 Å². The van der Waals surface area contributed by atoms with Crippen molar-refractivity contribution in [2.24, 2.45) is 4.99 Å². The third kappa shape index (κ3) is 3.60. The van der Waals surface area contributed by atoms with Gasteiger partial charge in [0.2, 0.25) is 0 Å². The fraction of sp³-hybridized carbons (Fsp3) is 0.235. The minimum Gasteiger partial charge on any atom is -0.341 e. The highest BCUT2D eigenvalue weighted by molar-refractivity contribution is 5.94. The summed E-state index contributed by atoms with van der Waals surface area (Å²) in [4.78, 5) is 6.71. The van der Waals surface area contributed by atoms with Crippen LogP contribution in [-0.2, 0) is 6.42 Å². The first kappa shape index (κ1) is 13.6. The zero-order chi connectivity index (χ0) is 14.5. The maximum Gasteiger partial charge on any atom is 0.198 e. The molecular formula is C17H18FN3. The normalized spacial score (nSPS) is 14.1. The number of rotatable bonds is 4. The van der Waals surface area contributed by atoms with Crippen molar-refractivity contribution in [2.75, 3.05) is 25.0 Å². The van der Waals surface area contributed by atoms with Crippen LogP contribution in [0.15, 0.2) is 59.6 Å². The van der Waals surface area contributed by atoms with Crippen molar-refractivity contribution in [3.8, 4) is 0 Å². The number of benzene rings is 2. The van der Waals surface area contributed by atoms with E-state index in [1.807, 2.05) is 36.4 Å². The molecule has 0 fully saturated rings. The first-order valence-corrected chi connectivity index (χ1v) is 7.17. The van der Waals surface area contributed by atoms with Gasteiger partial charge in [-0.1, -0.05) is 30.3 Å². The van der Waals surface area contributed by atoms with E-state index in [9.17, 15) is 4.39 Å². The summed E-state index contributed by atoms with van der Waals surface area (Å²) in [5.41, 5.74) is 2.05. The van der Waals surface area contributed by atoms with E-state index in [4.69, 9.17) is 0 Å². The maximum atomic E-state index is 13.2. The molecule has 0 amide bonds. The first-order valence-electron chi connectivity index (χ1n) is 7.17. The van der Waals surface area contributed by atoms with Gasteiger partial charge >= 0.3 is 0 Å². The fourth-order valence-corrected chi connectivity index (χ4v) is 2.43. The molecule has 1 aliphatic heterocycles. The molecule has 0 unspecified atom stereocenters. The molecule has 0 aliphatic carbocycles. The average molecular weight is 283 g/mol. The molecule has 0 saturated heterocycles. The molecule has 1 N–H and O–H groups in total. The van der Waals surface area contributed by atoms with E-state index >= 15 is 0 Å². The molecule has 0 bridgehead atoms. The zero-order valence-corrected chi connectivity index (χ0v) is 11.8. The first-order chi connectivity index (χ1) is 10.3. The van der Waals surface area contributed by atoms with Gasteiger partial charge in [0.25, 0.3) is 0 Å². The lowest BCUT2D eigenvalue weighted by Crippen LogP contribution is -2.34. The van der Waals surface area contributed by atoms with Gasteiger partial charge in [-0.2, -0.15) is 0 Å². The van der Waals surface area contributed by atoms with Crippen molar-refractivity contribution in [1.29, 1.82) is 0 Å². The second kappa shape index (κ2) is 6.39. The minimum absolute atomic E-state index is 0.176. The molecule has 108 valence electrons. The largest absolute Gasteiger partial charge is 0.341 e. The van der Waals surface area contributed by atoms with Crippen molar-refractivity contribution in [1.82, 2.24) is 4.90 Å². The summed E-state index contributed by atoms with van der Waals surface area (Å²) in [6, 6.07) is 16.8. The molecule has 3 nitrogen and oxygen atoms in total. The second-order valence-corrected chi connectivity index (χ2v) is 5.06. The van der Waals surface area contributed by atoms with Crippen molar-refractivity contribution < 1.29 is 4.39 Å². The molecule has 0 atom stereocenters. The maximum absolute atomic E-state index is 13.2. The van der Waals surface area contributed by atoms with Gasteiger partial charge in [0.15, 0.2) is 5.96 Å². The Morgan fingerprint density at radius 1 is 1.10 bits per heavy atom. The molecule has 21 heavy (non-hydrogen) atoms. The summed E-state index contributed by atoms with van der Waals surface area (Å²) in [6.07, 6.45) is 0.813. The number of hydrogen-bond acceptors (Lipinski definition) is 3. The van der Waals surface area contributed by atoms with Crippen LogP contribution in [0.25, 0.3) is 0 Å². The van der Waals surface area contributed by atoms with E-state index in [1.54, 1.807) is 12.1 Å². The Bertz CT molecular complexity index is 625. The summed E-state index contributed by atoms with van der Waals surface area (Å²) in [7, 11) is 0. The Balaban J connectivity index is 1.59. The Hall–Kier alpha value is -2.36. The standard InChI is InChI=1S/C17H18FN3/c18-15-6-4-5-14(13-15)9-11-21-12-10-19-17(21)20-16-7-2-1-3-8-16/h1-8,13H,9-12H2,(H,19,20).